The number of thiophene rings is 1. The second-order valence-corrected chi connectivity index (χ2v) is 8.67. The number of rotatable bonds is 4. The van der Waals surface area contributed by atoms with Gasteiger partial charge in [0.2, 0.25) is 0 Å². The van der Waals surface area contributed by atoms with Crippen molar-refractivity contribution in [1.82, 2.24) is 4.98 Å². The van der Waals surface area contributed by atoms with Crippen LogP contribution in [0.15, 0.2) is 28.4 Å². The lowest BCUT2D eigenvalue weighted by Gasteiger charge is -2.33. The Morgan fingerprint density at radius 3 is 2.78 bits per heavy atom. The molecule has 5 nitrogen and oxygen atoms in total. The van der Waals surface area contributed by atoms with Gasteiger partial charge in [-0.05, 0) is 36.8 Å². The van der Waals surface area contributed by atoms with E-state index in [0.717, 1.165) is 50.8 Å². The summed E-state index contributed by atoms with van der Waals surface area (Å²) in [5.74, 6) is 0.976. The third-order valence-corrected chi connectivity index (χ3v) is 6.68. The predicted octanol–water partition coefficient (Wildman–Crippen LogP) is 3.57. The maximum atomic E-state index is 12.4. The number of hydrogen-bond donors (Lipinski definition) is 1. The van der Waals surface area contributed by atoms with E-state index in [4.69, 9.17) is 4.74 Å². The van der Waals surface area contributed by atoms with Crippen LogP contribution in [0, 0.1) is 6.92 Å². The number of pyridine rings is 1. The van der Waals surface area contributed by atoms with Crippen LogP contribution in [0.3, 0.4) is 0 Å². The van der Waals surface area contributed by atoms with Gasteiger partial charge in [-0.1, -0.05) is 12.8 Å². The van der Waals surface area contributed by atoms with E-state index in [1.807, 2.05) is 11.3 Å². The van der Waals surface area contributed by atoms with Crippen LogP contribution >= 0.6 is 11.3 Å². The summed E-state index contributed by atoms with van der Waals surface area (Å²) in [5.41, 5.74) is 2.36. The highest BCUT2D eigenvalue weighted by molar-refractivity contribution is 7.10. The van der Waals surface area contributed by atoms with Crippen molar-refractivity contribution in [2.75, 3.05) is 42.6 Å². The van der Waals surface area contributed by atoms with Crippen LogP contribution in [-0.4, -0.2) is 43.9 Å². The topological polar surface area (TPSA) is 48.6 Å². The van der Waals surface area contributed by atoms with Crippen molar-refractivity contribution in [2.45, 2.75) is 45.1 Å². The van der Waals surface area contributed by atoms with Crippen LogP contribution < -0.4 is 15.4 Å². The summed E-state index contributed by atoms with van der Waals surface area (Å²) in [7, 11) is 0. The zero-order valence-electron chi connectivity index (χ0n) is 16.1. The van der Waals surface area contributed by atoms with Crippen LogP contribution in [0.4, 0.5) is 11.5 Å². The van der Waals surface area contributed by atoms with Crippen LogP contribution in [0.1, 0.15) is 36.1 Å². The monoisotopic (exact) mass is 387 g/mol. The highest BCUT2D eigenvalue weighted by Crippen LogP contribution is 2.28. The van der Waals surface area contributed by atoms with Crippen LogP contribution in [0.5, 0.6) is 0 Å². The van der Waals surface area contributed by atoms with Gasteiger partial charge in [0.05, 0.1) is 13.2 Å². The second-order valence-electron chi connectivity index (χ2n) is 7.68. The normalized spacial score (nSPS) is 21.3. The first-order valence-electron chi connectivity index (χ1n) is 10.1. The van der Waals surface area contributed by atoms with Gasteiger partial charge in [0, 0.05) is 54.8 Å². The average Bonchev–Trinajstić information content (AvgIpc) is 2.95. The van der Waals surface area contributed by atoms with Gasteiger partial charge in [-0.15, -0.1) is 11.3 Å². The lowest BCUT2D eigenvalue weighted by molar-refractivity contribution is 0.122. The molecule has 0 aliphatic carbocycles. The lowest BCUT2D eigenvalue weighted by atomic mass is 10.1. The fraction of sp³-hybridized carbons (Fsp3) is 0.571. The van der Waals surface area contributed by atoms with Crippen molar-refractivity contribution in [3.8, 4) is 0 Å². The molecule has 2 fully saturated rings. The maximum absolute atomic E-state index is 12.4. The highest BCUT2D eigenvalue weighted by Gasteiger charge is 2.24. The molecule has 2 saturated heterocycles. The van der Waals surface area contributed by atoms with E-state index in [0.29, 0.717) is 6.04 Å². The fourth-order valence-corrected chi connectivity index (χ4v) is 5.16. The number of anilines is 2. The SMILES string of the molecule is Cc1csc(C[C@@H]2CCCCCN2c2cc(N3CCOCC3)cc(=O)[nH]2)c1. The number of aryl methyl sites for hydroxylation is 1. The van der Waals surface area contributed by atoms with Crippen LogP contribution in [-0.2, 0) is 11.2 Å². The molecule has 6 heteroatoms. The number of aromatic amines is 1. The molecule has 0 unspecified atom stereocenters. The van der Waals surface area contributed by atoms with Gasteiger partial charge in [0.25, 0.3) is 5.56 Å². The van der Waals surface area contributed by atoms with Gasteiger partial charge in [-0.3, -0.25) is 4.79 Å². The molecule has 0 saturated carbocycles. The molecular weight excluding hydrogens is 358 g/mol. The minimum atomic E-state index is -0.0102. The molecular formula is C21H29N3O2S. The molecule has 2 aromatic rings. The summed E-state index contributed by atoms with van der Waals surface area (Å²) in [6.45, 7) is 6.33. The third-order valence-electron chi connectivity index (χ3n) is 5.60. The van der Waals surface area contributed by atoms with E-state index in [1.165, 1.54) is 36.1 Å². The summed E-state index contributed by atoms with van der Waals surface area (Å²) in [5, 5.41) is 2.23. The van der Waals surface area contributed by atoms with Gasteiger partial charge in [0.1, 0.15) is 5.82 Å². The summed E-state index contributed by atoms with van der Waals surface area (Å²) in [6.07, 6.45) is 5.95. The molecule has 1 atom stereocenters. The average molecular weight is 388 g/mol. The minimum absolute atomic E-state index is 0.0102. The summed E-state index contributed by atoms with van der Waals surface area (Å²) in [6, 6.07) is 6.65. The van der Waals surface area contributed by atoms with E-state index in [-0.39, 0.29) is 5.56 Å². The zero-order chi connectivity index (χ0) is 18.6. The number of morpholine rings is 1. The molecule has 0 spiro atoms. The summed E-state index contributed by atoms with van der Waals surface area (Å²) in [4.78, 5) is 21.7. The molecule has 0 radical (unpaired) electrons. The van der Waals surface area contributed by atoms with Gasteiger partial charge in [0.15, 0.2) is 0 Å². The minimum Gasteiger partial charge on any atom is -0.378 e. The Bertz CT molecular complexity index is 810. The molecule has 0 amide bonds. The largest absolute Gasteiger partial charge is 0.378 e. The molecule has 2 aliphatic rings. The van der Waals surface area contributed by atoms with Crippen LogP contribution in [0.25, 0.3) is 0 Å². The second kappa shape index (κ2) is 8.48. The van der Waals surface area contributed by atoms with E-state index >= 15 is 0 Å². The van der Waals surface area contributed by atoms with Crippen molar-refractivity contribution >= 4 is 22.8 Å². The molecule has 2 aliphatic heterocycles. The number of ether oxygens (including phenoxy) is 1. The maximum Gasteiger partial charge on any atom is 0.251 e. The Balaban J connectivity index is 1.61. The first-order valence-corrected chi connectivity index (χ1v) is 10.9. The Labute approximate surface area is 165 Å². The van der Waals surface area contributed by atoms with Crippen molar-refractivity contribution in [3.63, 3.8) is 0 Å². The Hall–Kier alpha value is -1.79. The lowest BCUT2D eigenvalue weighted by Crippen LogP contribution is -2.39. The molecule has 27 heavy (non-hydrogen) atoms. The first-order chi connectivity index (χ1) is 13.2. The molecule has 4 rings (SSSR count). The van der Waals surface area contributed by atoms with Gasteiger partial charge in [-0.25, -0.2) is 0 Å². The van der Waals surface area contributed by atoms with Crippen molar-refractivity contribution in [2.24, 2.45) is 0 Å². The van der Waals surface area contributed by atoms with E-state index in [1.54, 1.807) is 6.07 Å². The van der Waals surface area contributed by atoms with Crippen molar-refractivity contribution in [3.05, 3.63) is 44.4 Å². The molecule has 146 valence electrons. The van der Waals surface area contributed by atoms with Crippen molar-refractivity contribution in [1.29, 1.82) is 0 Å². The third kappa shape index (κ3) is 4.55. The standard InChI is InChI=1S/C21H29N3O2S/c1-16-11-19(27-15-16)12-17-5-3-2-4-6-24(17)20-13-18(14-21(25)22-20)23-7-9-26-10-8-23/h11,13-15,17H,2-10,12H2,1H3,(H,22,25)/t17-/m0/s1. The van der Waals surface area contributed by atoms with Crippen molar-refractivity contribution < 1.29 is 4.74 Å². The molecule has 2 aromatic heterocycles. The fourth-order valence-electron chi connectivity index (χ4n) is 4.21. The molecule has 1 N–H and O–H groups in total. The quantitative estimate of drug-likeness (QED) is 0.871. The Morgan fingerprint density at radius 1 is 1.15 bits per heavy atom. The predicted molar refractivity (Wildman–Crippen MR) is 112 cm³/mol. The Morgan fingerprint density at radius 2 is 2.00 bits per heavy atom. The highest BCUT2D eigenvalue weighted by atomic mass is 32.1. The number of nitrogens with zero attached hydrogens (tertiary/aromatic N) is 2. The number of nitrogens with one attached hydrogen (secondary N) is 1. The van der Waals surface area contributed by atoms with Gasteiger partial charge >= 0.3 is 0 Å². The smallest absolute Gasteiger partial charge is 0.251 e. The summed E-state index contributed by atoms with van der Waals surface area (Å²) < 4.78 is 5.46. The first kappa shape index (κ1) is 18.6. The molecule has 0 aromatic carbocycles. The number of hydrogen-bond acceptors (Lipinski definition) is 5. The van der Waals surface area contributed by atoms with E-state index in [9.17, 15) is 4.79 Å². The number of aromatic nitrogens is 1. The van der Waals surface area contributed by atoms with E-state index in [2.05, 4.69) is 39.2 Å². The zero-order valence-corrected chi connectivity index (χ0v) is 16.9. The summed E-state index contributed by atoms with van der Waals surface area (Å²) >= 11 is 1.86. The van der Waals surface area contributed by atoms with Gasteiger partial charge in [-0.2, -0.15) is 0 Å². The Kier molecular flexibility index (Phi) is 5.83. The van der Waals surface area contributed by atoms with Gasteiger partial charge < -0.3 is 19.5 Å². The van der Waals surface area contributed by atoms with Crippen LogP contribution in [0.2, 0.25) is 0 Å². The molecule has 4 heterocycles. The number of H-pyrrole nitrogens is 1. The molecule has 0 bridgehead atoms. The van der Waals surface area contributed by atoms with E-state index < -0.39 is 0 Å².